The van der Waals surface area contributed by atoms with E-state index in [-0.39, 0.29) is 6.61 Å². The molecule has 0 aliphatic carbocycles. The van der Waals surface area contributed by atoms with Crippen LogP contribution in [0.5, 0.6) is 0 Å². The highest BCUT2D eigenvalue weighted by atomic mass is 32.2. The predicted octanol–water partition coefficient (Wildman–Crippen LogP) is 0.898. The van der Waals surface area contributed by atoms with Gasteiger partial charge >= 0.3 is 10.3 Å². The first kappa shape index (κ1) is 11.1. The standard InChI is InChI=1S/C10H12N2O3S/c1-12-9(7-15-16(11,13)14)6-8-4-2-3-5-10(8)12/h2-6H,7H2,1H3,(H2,11,13,14). The van der Waals surface area contributed by atoms with Gasteiger partial charge in [0.1, 0.15) is 6.61 Å². The van der Waals surface area contributed by atoms with Crippen molar-refractivity contribution >= 4 is 21.2 Å². The molecule has 1 heterocycles. The Morgan fingerprint density at radius 2 is 2.06 bits per heavy atom. The molecule has 0 bridgehead atoms. The van der Waals surface area contributed by atoms with E-state index in [1.807, 2.05) is 41.9 Å². The summed E-state index contributed by atoms with van der Waals surface area (Å²) in [5.41, 5.74) is 1.78. The molecule has 86 valence electrons. The summed E-state index contributed by atoms with van der Waals surface area (Å²) in [5, 5.41) is 5.81. The third-order valence-electron chi connectivity index (χ3n) is 2.42. The van der Waals surface area contributed by atoms with E-state index in [9.17, 15) is 8.42 Å². The molecule has 5 nitrogen and oxygen atoms in total. The number of para-hydroxylation sites is 1. The average Bonchev–Trinajstić information content (AvgIpc) is 2.53. The second kappa shape index (κ2) is 3.89. The zero-order valence-corrected chi connectivity index (χ0v) is 9.57. The van der Waals surface area contributed by atoms with E-state index >= 15 is 0 Å². The molecular weight excluding hydrogens is 228 g/mol. The molecule has 2 aromatic rings. The number of hydrogen-bond acceptors (Lipinski definition) is 3. The molecular formula is C10H12N2O3S. The Hall–Kier alpha value is -1.37. The second-order valence-electron chi connectivity index (χ2n) is 3.51. The SMILES string of the molecule is Cn1c(COS(N)(=O)=O)cc2ccccc21. The predicted molar refractivity (Wildman–Crippen MR) is 60.8 cm³/mol. The number of benzene rings is 1. The van der Waals surface area contributed by atoms with Crippen molar-refractivity contribution < 1.29 is 12.6 Å². The normalized spacial score (nSPS) is 12.1. The van der Waals surface area contributed by atoms with Crippen LogP contribution in [0.3, 0.4) is 0 Å². The van der Waals surface area contributed by atoms with Gasteiger partial charge in [0.15, 0.2) is 0 Å². The molecule has 1 aromatic heterocycles. The highest BCUT2D eigenvalue weighted by Gasteiger charge is 2.08. The first-order valence-corrected chi connectivity index (χ1v) is 6.15. The van der Waals surface area contributed by atoms with Crippen LogP contribution >= 0.6 is 0 Å². The van der Waals surface area contributed by atoms with Crippen molar-refractivity contribution in [3.63, 3.8) is 0 Å². The minimum atomic E-state index is -3.89. The van der Waals surface area contributed by atoms with Gasteiger partial charge < -0.3 is 4.57 Å². The summed E-state index contributed by atoms with van der Waals surface area (Å²) >= 11 is 0. The van der Waals surface area contributed by atoms with Crippen LogP contribution in [0.2, 0.25) is 0 Å². The third-order valence-corrected chi connectivity index (χ3v) is 2.87. The first-order valence-electron chi connectivity index (χ1n) is 4.68. The van der Waals surface area contributed by atoms with Crippen molar-refractivity contribution in [1.29, 1.82) is 0 Å². The van der Waals surface area contributed by atoms with Crippen molar-refractivity contribution in [2.75, 3.05) is 0 Å². The van der Waals surface area contributed by atoms with Gasteiger partial charge in [-0.2, -0.15) is 8.42 Å². The molecule has 1 aromatic carbocycles. The second-order valence-corrected chi connectivity index (χ2v) is 4.73. The molecule has 0 saturated carbocycles. The Morgan fingerprint density at radius 1 is 1.38 bits per heavy atom. The van der Waals surface area contributed by atoms with E-state index < -0.39 is 10.3 Å². The maximum atomic E-state index is 10.7. The van der Waals surface area contributed by atoms with E-state index in [1.165, 1.54) is 0 Å². The van der Waals surface area contributed by atoms with Crippen LogP contribution < -0.4 is 5.14 Å². The van der Waals surface area contributed by atoms with E-state index in [2.05, 4.69) is 4.18 Å². The number of nitrogens with zero attached hydrogens (tertiary/aromatic N) is 1. The maximum absolute atomic E-state index is 10.7. The van der Waals surface area contributed by atoms with Crippen molar-refractivity contribution in [3.8, 4) is 0 Å². The Morgan fingerprint density at radius 3 is 2.69 bits per heavy atom. The van der Waals surface area contributed by atoms with Gasteiger partial charge in [-0.15, -0.1) is 0 Å². The summed E-state index contributed by atoms with van der Waals surface area (Å²) in [6.45, 7) is -0.0516. The van der Waals surface area contributed by atoms with Crippen molar-refractivity contribution in [2.45, 2.75) is 6.61 Å². The first-order chi connectivity index (χ1) is 7.47. The lowest BCUT2D eigenvalue weighted by Gasteiger charge is -2.03. The van der Waals surface area contributed by atoms with Gasteiger partial charge in [-0.1, -0.05) is 18.2 Å². The van der Waals surface area contributed by atoms with Crippen LogP contribution in [0.1, 0.15) is 5.69 Å². The van der Waals surface area contributed by atoms with E-state index in [4.69, 9.17) is 5.14 Å². The van der Waals surface area contributed by atoms with Gasteiger partial charge in [0.05, 0.1) is 0 Å². The fourth-order valence-corrected chi connectivity index (χ4v) is 1.91. The molecule has 0 aliphatic heterocycles. The molecule has 0 atom stereocenters. The molecule has 0 radical (unpaired) electrons. The minimum Gasteiger partial charge on any atom is -0.346 e. The summed E-state index contributed by atoms with van der Waals surface area (Å²) in [7, 11) is -2.04. The molecule has 0 amide bonds. The van der Waals surface area contributed by atoms with Crippen LogP contribution in [0.4, 0.5) is 0 Å². The lowest BCUT2D eigenvalue weighted by atomic mass is 10.2. The molecule has 0 saturated heterocycles. The van der Waals surface area contributed by atoms with Crippen LogP contribution in [0, 0.1) is 0 Å². The number of fused-ring (bicyclic) bond motifs is 1. The lowest BCUT2D eigenvalue weighted by Crippen LogP contribution is -2.16. The molecule has 16 heavy (non-hydrogen) atoms. The number of hydrogen-bond donors (Lipinski definition) is 1. The molecule has 0 spiro atoms. The Bertz CT molecular complexity index is 616. The average molecular weight is 240 g/mol. The van der Waals surface area contributed by atoms with Gasteiger partial charge in [-0.3, -0.25) is 4.18 Å². The summed E-state index contributed by atoms with van der Waals surface area (Å²) < 4.78 is 27.8. The molecule has 2 rings (SSSR count). The number of nitrogens with two attached hydrogens (primary N) is 1. The third kappa shape index (κ3) is 2.24. The topological polar surface area (TPSA) is 74.3 Å². The molecule has 2 N–H and O–H groups in total. The largest absolute Gasteiger partial charge is 0.346 e. The van der Waals surface area contributed by atoms with E-state index in [1.54, 1.807) is 0 Å². The smallest absolute Gasteiger partial charge is 0.333 e. The molecule has 0 fully saturated rings. The zero-order chi connectivity index (χ0) is 11.8. The monoisotopic (exact) mass is 240 g/mol. The summed E-state index contributed by atoms with van der Waals surface area (Å²) in [4.78, 5) is 0. The van der Waals surface area contributed by atoms with Gasteiger partial charge in [0, 0.05) is 18.3 Å². The molecule has 6 heteroatoms. The van der Waals surface area contributed by atoms with Crippen LogP contribution in [0.15, 0.2) is 30.3 Å². The highest BCUT2D eigenvalue weighted by Crippen LogP contribution is 2.18. The van der Waals surface area contributed by atoms with Crippen LogP contribution in [-0.2, 0) is 28.1 Å². The zero-order valence-electron chi connectivity index (χ0n) is 8.75. The van der Waals surface area contributed by atoms with Crippen molar-refractivity contribution in [1.82, 2.24) is 4.57 Å². The van der Waals surface area contributed by atoms with Gasteiger partial charge in [0.25, 0.3) is 0 Å². The van der Waals surface area contributed by atoms with E-state index in [0.29, 0.717) is 0 Å². The van der Waals surface area contributed by atoms with Gasteiger partial charge in [0.2, 0.25) is 0 Å². The Balaban J connectivity index is 2.35. The molecule has 0 unspecified atom stereocenters. The van der Waals surface area contributed by atoms with Crippen LogP contribution in [0.25, 0.3) is 10.9 Å². The van der Waals surface area contributed by atoms with Crippen LogP contribution in [-0.4, -0.2) is 13.0 Å². The number of rotatable bonds is 3. The number of aromatic nitrogens is 1. The maximum Gasteiger partial charge on any atom is 0.333 e. The Kier molecular flexibility index (Phi) is 2.71. The summed E-state index contributed by atoms with van der Waals surface area (Å²) in [5.74, 6) is 0. The molecule has 0 aliphatic rings. The van der Waals surface area contributed by atoms with Crippen molar-refractivity contribution in [2.24, 2.45) is 12.2 Å². The minimum absolute atomic E-state index is 0.0516. The summed E-state index contributed by atoms with van der Waals surface area (Å²) in [6.07, 6.45) is 0. The fraction of sp³-hybridized carbons (Fsp3) is 0.200. The quantitative estimate of drug-likeness (QED) is 0.866. The highest BCUT2D eigenvalue weighted by molar-refractivity contribution is 7.84. The van der Waals surface area contributed by atoms with E-state index in [0.717, 1.165) is 16.6 Å². The lowest BCUT2D eigenvalue weighted by molar-refractivity contribution is 0.301. The number of aryl methyl sites for hydroxylation is 1. The fourth-order valence-electron chi connectivity index (χ4n) is 1.63. The Labute approximate surface area is 93.7 Å². The van der Waals surface area contributed by atoms with Crippen molar-refractivity contribution in [3.05, 3.63) is 36.0 Å². The van der Waals surface area contributed by atoms with Gasteiger partial charge in [-0.25, -0.2) is 5.14 Å². The van der Waals surface area contributed by atoms with Gasteiger partial charge in [-0.05, 0) is 17.5 Å². The summed E-state index contributed by atoms with van der Waals surface area (Å²) in [6, 6.07) is 9.63.